The fourth-order valence-corrected chi connectivity index (χ4v) is 2.44. The molecule has 3 heterocycles. The summed E-state index contributed by atoms with van der Waals surface area (Å²) in [6.07, 6.45) is -4.67. The molecule has 0 radical (unpaired) electrons. The minimum atomic E-state index is -1.34. The summed E-state index contributed by atoms with van der Waals surface area (Å²) < 4.78 is 18.3. The molecule has 0 spiro atoms. The zero-order valence-electron chi connectivity index (χ0n) is 10.7. The first-order valence-electron chi connectivity index (χ1n) is 6.33. The summed E-state index contributed by atoms with van der Waals surface area (Å²) in [7, 11) is 0. The SMILES string of the molecule is O=c1[nH]c2nc(F)ccc2cc1[C@@H]1O[C@H](CO)C(O)C1O. The van der Waals surface area contributed by atoms with Crippen molar-refractivity contribution in [1.29, 1.82) is 0 Å². The monoisotopic (exact) mass is 296 g/mol. The first-order chi connectivity index (χ1) is 10.0. The van der Waals surface area contributed by atoms with Crippen LogP contribution in [0.2, 0.25) is 0 Å². The number of rotatable bonds is 2. The number of nitrogens with zero attached hydrogens (tertiary/aromatic N) is 1. The van der Waals surface area contributed by atoms with Crippen molar-refractivity contribution >= 4 is 11.0 Å². The van der Waals surface area contributed by atoms with Gasteiger partial charge in [0.2, 0.25) is 5.95 Å². The number of ether oxygens (including phenoxy) is 1. The third-order valence-corrected chi connectivity index (χ3v) is 3.55. The third-order valence-electron chi connectivity index (χ3n) is 3.55. The number of pyridine rings is 2. The van der Waals surface area contributed by atoms with Crippen molar-refractivity contribution in [3.8, 4) is 0 Å². The highest BCUT2D eigenvalue weighted by Gasteiger charge is 2.44. The molecule has 0 bridgehead atoms. The molecule has 2 aromatic rings. The summed E-state index contributed by atoms with van der Waals surface area (Å²) in [5.41, 5.74) is -0.440. The van der Waals surface area contributed by atoms with Gasteiger partial charge in [-0.3, -0.25) is 4.79 Å². The van der Waals surface area contributed by atoms with Crippen LogP contribution in [0.4, 0.5) is 4.39 Å². The van der Waals surface area contributed by atoms with Crippen LogP contribution in [0.15, 0.2) is 23.0 Å². The second kappa shape index (κ2) is 5.15. The highest BCUT2D eigenvalue weighted by atomic mass is 19.1. The highest BCUT2D eigenvalue weighted by molar-refractivity contribution is 5.74. The standard InChI is InChI=1S/C13H13FN2O5/c14-8-2-1-5-3-6(13(20)16-12(5)15-8)11-10(19)9(18)7(4-17)21-11/h1-3,7,9-11,17-19H,4H2,(H,15,16,20)/t7-,9?,10?,11+/m1/s1. The predicted molar refractivity (Wildman–Crippen MR) is 69.0 cm³/mol. The van der Waals surface area contributed by atoms with Crippen LogP contribution in [0.3, 0.4) is 0 Å². The van der Waals surface area contributed by atoms with Crippen LogP contribution in [-0.4, -0.2) is 50.2 Å². The normalized spacial score (nSPS) is 29.1. The lowest BCUT2D eigenvalue weighted by atomic mass is 10.0. The van der Waals surface area contributed by atoms with E-state index in [1.165, 1.54) is 12.1 Å². The molecule has 4 N–H and O–H groups in total. The summed E-state index contributed by atoms with van der Waals surface area (Å²) in [6, 6.07) is 3.99. The predicted octanol–water partition coefficient (Wildman–Crippen LogP) is -0.784. The van der Waals surface area contributed by atoms with Crippen molar-refractivity contribution in [1.82, 2.24) is 9.97 Å². The Morgan fingerprint density at radius 2 is 2.10 bits per heavy atom. The Labute approximate surface area is 117 Å². The van der Waals surface area contributed by atoms with Crippen molar-refractivity contribution in [2.24, 2.45) is 0 Å². The smallest absolute Gasteiger partial charge is 0.255 e. The summed E-state index contributed by atoms with van der Waals surface area (Å²) in [6.45, 7) is -0.479. The minimum absolute atomic E-state index is 0.0792. The average molecular weight is 296 g/mol. The highest BCUT2D eigenvalue weighted by Crippen LogP contribution is 2.32. The maximum atomic E-state index is 13.0. The molecule has 2 unspecified atom stereocenters. The van der Waals surface area contributed by atoms with Gasteiger partial charge in [0, 0.05) is 10.9 Å². The van der Waals surface area contributed by atoms with Crippen molar-refractivity contribution in [2.45, 2.75) is 24.4 Å². The van der Waals surface area contributed by atoms with Gasteiger partial charge < -0.3 is 25.0 Å². The van der Waals surface area contributed by atoms with Gasteiger partial charge in [0.1, 0.15) is 30.1 Å². The minimum Gasteiger partial charge on any atom is -0.394 e. The largest absolute Gasteiger partial charge is 0.394 e. The van der Waals surface area contributed by atoms with Crippen LogP contribution in [-0.2, 0) is 4.74 Å². The van der Waals surface area contributed by atoms with Gasteiger partial charge in [0.15, 0.2) is 0 Å². The van der Waals surface area contributed by atoms with Crippen LogP contribution in [0.5, 0.6) is 0 Å². The molecule has 1 aliphatic heterocycles. The lowest BCUT2D eigenvalue weighted by molar-refractivity contribution is -0.0231. The lowest BCUT2D eigenvalue weighted by Crippen LogP contribution is -2.33. The van der Waals surface area contributed by atoms with E-state index in [2.05, 4.69) is 9.97 Å². The Hall–Kier alpha value is -1.87. The topological polar surface area (TPSA) is 116 Å². The van der Waals surface area contributed by atoms with Gasteiger partial charge in [-0.15, -0.1) is 0 Å². The van der Waals surface area contributed by atoms with Crippen LogP contribution in [0.25, 0.3) is 11.0 Å². The Balaban J connectivity index is 2.07. The van der Waals surface area contributed by atoms with Crippen LogP contribution >= 0.6 is 0 Å². The van der Waals surface area contributed by atoms with E-state index >= 15 is 0 Å². The maximum Gasteiger partial charge on any atom is 0.255 e. The zero-order chi connectivity index (χ0) is 15.1. The van der Waals surface area contributed by atoms with E-state index in [-0.39, 0.29) is 11.2 Å². The molecule has 7 nitrogen and oxygen atoms in total. The summed E-state index contributed by atoms with van der Waals surface area (Å²) in [5, 5.41) is 29.2. The molecule has 0 aliphatic carbocycles. The number of fused-ring (bicyclic) bond motifs is 1. The number of aliphatic hydroxyl groups is 3. The van der Waals surface area contributed by atoms with Crippen LogP contribution in [0.1, 0.15) is 11.7 Å². The Bertz CT molecular complexity index is 734. The Kier molecular flexibility index (Phi) is 3.46. The van der Waals surface area contributed by atoms with E-state index in [0.717, 1.165) is 6.07 Å². The van der Waals surface area contributed by atoms with E-state index in [1.807, 2.05) is 0 Å². The summed E-state index contributed by atoms with van der Waals surface area (Å²) >= 11 is 0. The molecule has 112 valence electrons. The van der Waals surface area contributed by atoms with Crippen molar-refractivity contribution in [3.63, 3.8) is 0 Å². The summed E-state index contributed by atoms with van der Waals surface area (Å²) in [5.74, 6) is -0.723. The van der Waals surface area contributed by atoms with E-state index in [1.54, 1.807) is 0 Å². The number of hydrogen-bond donors (Lipinski definition) is 4. The fraction of sp³-hybridized carbons (Fsp3) is 0.385. The van der Waals surface area contributed by atoms with Crippen LogP contribution in [0, 0.1) is 5.95 Å². The number of nitrogens with one attached hydrogen (secondary N) is 1. The first-order valence-corrected chi connectivity index (χ1v) is 6.33. The lowest BCUT2D eigenvalue weighted by Gasteiger charge is -2.14. The fourth-order valence-electron chi connectivity index (χ4n) is 2.44. The molecule has 8 heteroatoms. The van der Waals surface area contributed by atoms with Gasteiger partial charge in [0.25, 0.3) is 5.56 Å². The van der Waals surface area contributed by atoms with Gasteiger partial charge in [-0.05, 0) is 18.2 Å². The molecular weight excluding hydrogens is 283 g/mol. The van der Waals surface area contributed by atoms with Crippen LogP contribution < -0.4 is 5.56 Å². The van der Waals surface area contributed by atoms with Gasteiger partial charge in [-0.2, -0.15) is 4.39 Å². The van der Waals surface area contributed by atoms with E-state index in [9.17, 15) is 19.4 Å². The van der Waals surface area contributed by atoms with E-state index in [4.69, 9.17) is 9.84 Å². The number of aromatic nitrogens is 2. The maximum absolute atomic E-state index is 13.0. The van der Waals surface area contributed by atoms with Gasteiger partial charge >= 0.3 is 0 Å². The summed E-state index contributed by atoms with van der Waals surface area (Å²) in [4.78, 5) is 18.0. The second-order valence-corrected chi connectivity index (χ2v) is 4.88. The number of aromatic amines is 1. The molecular formula is C13H13FN2O5. The molecule has 0 amide bonds. The quantitative estimate of drug-likeness (QED) is 0.540. The molecule has 1 saturated heterocycles. The zero-order valence-corrected chi connectivity index (χ0v) is 10.7. The van der Waals surface area contributed by atoms with Gasteiger partial charge in [-0.1, -0.05) is 0 Å². The molecule has 0 saturated carbocycles. The van der Waals surface area contributed by atoms with E-state index in [0.29, 0.717) is 5.39 Å². The molecule has 21 heavy (non-hydrogen) atoms. The number of aliphatic hydroxyl groups excluding tert-OH is 3. The van der Waals surface area contributed by atoms with Gasteiger partial charge in [-0.25, -0.2) is 4.98 Å². The molecule has 1 fully saturated rings. The van der Waals surface area contributed by atoms with Crippen molar-refractivity contribution < 1.29 is 24.4 Å². The number of halogens is 1. The Morgan fingerprint density at radius 1 is 1.33 bits per heavy atom. The molecule has 3 rings (SSSR count). The molecule has 0 aromatic carbocycles. The average Bonchev–Trinajstić information content (AvgIpc) is 2.74. The third kappa shape index (κ3) is 2.32. The number of H-pyrrole nitrogens is 1. The Morgan fingerprint density at radius 3 is 2.76 bits per heavy atom. The number of hydrogen-bond acceptors (Lipinski definition) is 6. The van der Waals surface area contributed by atoms with Gasteiger partial charge in [0.05, 0.1) is 6.61 Å². The van der Waals surface area contributed by atoms with Crippen molar-refractivity contribution in [2.75, 3.05) is 6.61 Å². The second-order valence-electron chi connectivity index (χ2n) is 4.88. The van der Waals surface area contributed by atoms with Crippen molar-refractivity contribution in [3.05, 3.63) is 40.1 Å². The van der Waals surface area contributed by atoms with E-state index < -0.39 is 42.5 Å². The molecule has 1 aliphatic rings. The molecule has 4 atom stereocenters. The molecule has 2 aromatic heterocycles. The first kappa shape index (κ1) is 14.1.